The fraction of sp³-hybridized carbons (Fsp3) is 0.100. The van der Waals surface area contributed by atoms with Crippen LogP contribution in [0.25, 0.3) is 10.9 Å². The maximum absolute atomic E-state index is 11.8. The van der Waals surface area contributed by atoms with Crippen molar-refractivity contribution in [1.82, 2.24) is 10.2 Å². The number of nitrogens with one attached hydrogen (secondary N) is 1. The van der Waals surface area contributed by atoms with Crippen molar-refractivity contribution >= 4 is 28.5 Å². The number of aromatic nitrogens is 2. The third-order valence-electron chi connectivity index (χ3n) is 2.12. The van der Waals surface area contributed by atoms with Crippen LogP contribution in [0, 0.1) is 0 Å². The maximum atomic E-state index is 11.8. The molecule has 0 fully saturated rings. The molecule has 0 saturated carbocycles. The highest BCUT2D eigenvalue weighted by molar-refractivity contribution is 6.31. The van der Waals surface area contributed by atoms with Gasteiger partial charge in [-0.3, -0.25) is 14.7 Å². The standard InChI is InChI=1S/C10H7ClN2O3/c11-5-1-2-7-6(3-5)10(16)8(13-12-7)4-9(14)15/h1-3H,4H2,(H,12,16)(H,14,15). The van der Waals surface area contributed by atoms with E-state index >= 15 is 0 Å². The van der Waals surface area contributed by atoms with Crippen molar-refractivity contribution in [1.29, 1.82) is 0 Å². The first-order valence-electron chi connectivity index (χ1n) is 4.46. The fourth-order valence-electron chi connectivity index (χ4n) is 1.40. The van der Waals surface area contributed by atoms with Crippen LogP contribution in [0.15, 0.2) is 23.0 Å². The minimum Gasteiger partial charge on any atom is -0.481 e. The smallest absolute Gasteiger partial charge is 0.309 e. The van der Waals surface area contributed by atoms with Gasteiger partial charge in [-0.25, -0.2) is 0 Å². The quantitative estimate of drug-likeness (QED) is 0.824. The van der Waals surface area contributed by atoms with Crippen molar-refractivity contribution < 1.29 is 9.90 Å². The number of hydrogen-bond acceptors (Lipinski definition) is 3. The molecule has 0 unspecified atom stereocenters. The first kappa shape index (κ1) is 10.6. The molecule has 2 aromatic rings. The predicted octanol–water partition coefficient (Wildman–Crippen LogP) is 1.20. The normalized spacial score (nSPS) is 10.6. The Morgan fingerprint density at radius 1 is 1.50 bits per heavy atom. The minimum atomic E-state index is -1.10. The Morgan fingerprint density at radius 2 is 2.25 bits per heavy atom. The third-order valence-corrected chi connectivity index (χ3v) is 2.35. The Hall–Kier alpha value is -1.88. The zero-order chi connectivity index (χ0) is 11.7. The molecule has 0 bridgehead atoms. The Kier molecular flexibility index (Phi) is 2.62. The van der Waals surface area contributed by atoms with Crippen molar-refractivity contribution in [3.05, 3.63) is 39.1 Å². The zero-order valence-corrected chi connectivity index (χ0v) is 8.78. The molecule has 0 saturated heterocycles. The van der Waals surface area contributed by atoms with E-state index in [1.54, 1.807) is 12.1 Å². The van der Waals surface area contributed by atoms with Crippen molar-refractivity contribution in [3.8, 4) is 0 Å². The molecular weight excluding hydrogens is 232 g/mol. The van der Waals surface area contributed by atoms with Crippen molar-refractivity contribution in [2.75, 3.05) is 0 Å². The highest BCUT2D eigenvalue weighted by Gasteiger charge is 2.10. The average molecular weight is 239 g/mol. The monoisotopic (exact) mass is 238 g/mol. The number of H-pyrrole nitrogens is 1. The minimum absolute atomic E-state index is 0.0257. The van der Waals surface area contributed by atoms with E-state index in [9.17, 15) is 9.59 Å². The molecule has 16 heavy (non-hydrogen) atoms. The van der Waals surface area contributed by atoms with Crippen LogP contribution < -0.4 is 5.43 Å². The molecule has 0 aliphatic carbocycles. The van der Waals surface area contributed by atoms with Crippen LogP contribution in [-0.2, 0) is 11.2 Å². The number of halogens is 1. The van der Waals surface area contributed by atoms with Gasteiger partial charge in [0.1, 0.15) is 5.69 Å². The summed E-state index contributed by atoms with van der Waals surface area (Å²) in [5.41, 5.74) is 0.101. The number of aromatic amines is 1. The van der Waals surface area contributed by atoms with Crippen LogP contribution in [0.2, 0.25) is 5.02 Å². The highest BCUT2D eigenvalue weighted by atomic mass is 35.5. The first-order valence-corrected chi connectivity index (χ1v) is 4.84. The van der Waals surface area contributed by atoms with Gasteiger partial charge in [-0.05, 0) is 18.2 Å². The highest BCUT2D eigenvalue weighted by Crippen LogP contribution is 2.14. The molecule has 1 aromatic heterocycles. The second-order valence-corrected chi connectivity index (χ2v) is 3.70. The van der Waals surface area contributed by atoms with Crippen LogP contribution in [0.1, 0.15) is 5.69 Å². The van der Waals surface area contributed by atoms with Gasteiger partial charge >= 0.3 is 5.97 Å². The zero-order valence-electron chi connectivity index (χ0n) is 8.03. The summed E-state index contributed by atoms with van der Waals surface area (Å²) in [5.74, 6) is -1.10. The molecule has 0 aliphatic rings. The van der Waals surface area contributed by atoms with Crippen LogP contribution >= 0.6 is 11.6 Å². The lowest BCUT2D eigenvalue weighted by atomic mass is 10.2. The molecule has 2 N–H and O–H groups in total. The second kappa shape index (κ2) is 3.94. The summed E-state index contributed by atoms with van der Waals surface area (Å²) >= 11 is 5.76. The Labute approximate surface area is 94.7 Å². The number of hydrogen-bond donors (Lipinski definition) is 2. The Morgan fingerprint density at radius 3 is 2.94 bits per heavy atom. The van der Waals surface area contributed by atoms with Crippen molar-refractivity contribution in [2.45, 2.75) is 6.42 Å². The number of fused-ring (bicyclic) bond motifs is 1. The largest absolute Gasteiger partial charge is 0.481 e. The van der Waals surface area contributed by atoms with Crippen molar-refractivity contribution in [2.24, 2.45) is 0 Å². The third kappa shape index (κ3) is 1.90. The molecule has 2 rings (SSSR count). The van der Waals surface area contributed by atoms with Crippen LogP contribution in [0.3, 0.4) is 0 Å². The molecule has 1 aromatic carbocycles. The summed E-state index contributed by atoms with van der Waals surface area (Å²) in [7, 11) is 0. The Balaban J connectivity index is 2.68. The molecule has 5 nitrogen and oxygen atoms in total. The lowest BCUT2D eigenvalue weighted by molar-refractivity contribution is -0.136. The van der Waals surface area contributed by atoms with Gasteiger partial charge in [0.2, 0.25) is 5.43 Å². The van der Waals surface area contributed by atoms with Gasteiger partial charge in [0.05, 0.1) is 17.3 Å². The lowest BCUT2D eigenvalue weighted by Gasteiger charge is -2.00. The number of carbonyl (C=O) groups is 1. The summed E-state index contributed by atoms with van der Waals surface area (Å²) in [6, 6.07) is 4.73. The molecule has 0 radical (unpaired) electrons. The molecule has 0 spiro atoms. The topological polar surface area (TPSA) is 83.0 Å². The van der Waals surface area contributed by atoms with Crippen LogP contribution in [-0.4, -0.2) is 21.3 Å². The van der Waals surface area contributed by atoms with Gasteiger partial charge in [-0.15, -0.1) is 0 Å². The number of nitrogens with zero attached hydrogens (tertiary/aromatic N) is 1. The van der Waals surface area contributed by atoms with Gasteiger partial charge in [-0.2, -0.15) is 5.10 Å². The predicted molar refractivity (Wildman–Crippen MR) is 58.7 cm³/mol. The average Bonchev–Trinajstić information content (AvgIpc) is 2.22. The van der Waals surface area contributed by atoms with Crippen LogP contribution in [0.4, 0.5) is 0 Å². The first-order chi connectivity index (χ1) is 7.58. The number of benzene rings is 1. The maximum Gasteiger partial charge on any atom is 0.309 e. The summed E-state index contributed by atoms with van der Waals surface area (Å²) < 4.78 is 0. The van der Waals surface area contributed by atoms with E-state index in [0.29, 0.717) is 15.9 Å². The lowest BCUT2D eigenvalue weighted by Crippen LogP contribution is -2.17. The number of carboxylic acids is 1. The molecule has 82 valence electrons. The van der Waals surface area contributed by atoms with E-state index in [2.05, 4.69) is 10.2 Å². The number of carboxylic acid groups (broad SMARTS) is 1. The molecule has 0 amide bonds. The van der Waals surface area contributed by atoms with E-state index in [1.165, 1.54) is 6.07 Å². The SMILES string of the molecule is O=C(O)Cc1n[nH]c2ccc(Cl)cc2c1=O. The number of aliphatic carboxylic acids is 1. The Bertz CT molecular complexity index is 621. The van der Waals surface area contributed by atoms with E-state index < -0.39 is 17.8 Å². The van der Waals surface area contributed by atoms with Gasteiger partial charge in [-0.1, -0.05) is 11.6 Å². The van der Waals surface area contributed by atoms with Gasteiger partial charge in [0.15, 0.2) is 0 Å². The number of rotatable bonds is 2. The van der Waals surface area contributed by atoms with E-state index in [1.807, 2.05) is 0 Å². The molecule has 0 atom stereocenters. The molecular formula is C10H7ClN2O3. The second-order valence-electron chi connectivity index (χ2n) is 3.26. The van der Waals surface area contributed by atoms with E-state index in [4.69, 9.17) is 16.7 Å². The van der Waals surface area contributed by atoms with Crippen LogP contribution in [0.5, 0.6) is 0 Å². The van der Waals surface area contributed by atoms with E-state index in [0.717, 1.165) is 0 Å². The molecule has 0 aliphatic heterocycles. The summed E-state index contributed by atoms with van der Waals surface area (Å²) in [4.78, 5) is 22.3. The summed E-state index contributed by atoms with van der Waals surface area (Å²) in [6.07, 6.45) is -0.405. The molecule has 6 heteroatoms. The van der Waals surface area contributed by atoms with Gasteiger partial charge < -0.3 is 5.11 Å². The van der Waals surface area contributed by atoms with Gasteiger partial charge in [0.25, 0.3) is 0 Å². The fourth-order valence-corrected chi connectivity index (χ4v) is 1.57. The summed E-state index contributed by atoms with van der Waals surface area (Å²) in [6.45, 7) is 0. The van der Waals surface area contributed by atoms with Gasteiger partial charge in [0, 0.05) is 5.02 Å². The molecule has 1 heterocycles. The summed E-state index contributed by atoms with van der Waals surface area (Å²) in [5, 5.41) is 15.7. The van der Waals surface area contributed by atoms with E-state index in [-0.39, 0.29) is 5.69 Å². The van der Waals surface area contributed by atoms with Crippen molar-refractivity contribution in [3.63, 3.8) is 0 Å².